The lowest BCUT2D eigenvalue weighted by atomic mass is 9.97. The summed E-state index contributed by atoms with van der Waals surface area (Å²) < 4.78 is 16.2. The highest BCUT2D eigenvalue weighted by molar-refractivity contribution is 7.10. The monoisotopic (exact) mass is 501 g/mol. The molecule has 1 aromatic carbocycles. The molecule has 0 spiro atoms. The van der Waals surface area contributed by atoms with Crippen LogP contribution in [0.2, 0.25) is 0 Å². The van der Waals surface area contributed by atoms with Gasteiger partial charge in [-0.1, -0.05) is 6.07 Å². The van der Waals surface area contributed by atoms with E-state index in [0.29, 0.717) is 48.1 Å². The minimum absolute atomic E-state index is 0.107. The van der Waals surface area contributed by atoms with Gasteiger partial charge in [0.2, 0.25) is 5.75 Å². The topological polar surface area (TPSA) is 90.0 Å². The van der Waals surface area contributed by atoms with E-state index in [1.165, 1.54) is 25.6 Å². The molecule has 4 rings (SSSR count). The van der Waals surface area contributed by atoms with E-state index < -0.39 is 0 Å². The number of piperidine rings is 1. The van der Waals surface area contributed by atoms with E-state index in [2.05, 4.69) is 10.3 Å². The number of rotatable bonds is 8. The van der Waals surface area contributed by atoms with Crippen LogP contribution in [0.3, 0.4) is 0 Å². The smallest absolute Gasteiger partial charge is 0.271 e. The van der Waals surface area contributed by atoms with Crippen molar-refractivity contribution in [2.75, 3.05) is 34.4 Å². The van der Waals surface area contributed by atoms with Gasteiger partial charge in [0, 0.05) is 29.3 Å². The number of thiazole rings is 1. The number of ether oxygens (including phenoxy) is 3. The van der Waals surface area contributed by atoms with Crippen molar-refractivity contribution in [2.45, 2.75) is 25.3 Å². The molecule has 180 valence electrons. The highest BCUT2D eigenvalue weighted by Crippen LogP contribution is 2.40. The molecule has 0 aliphatic carbocycles. The van der Waals surface area contributed by atoms with Gasteiger partial charge < -0.3 is 24.4 Å². The van der Waals surface area contributed by atoms with E-state index in [1.54, 1.807) is 30.6 Å². The van der Waals surface area contributed by atoms with Gasteiger partial charge in [-0.15, -0.1) is 22.7 Å². The van der Waals surface area contributed by atoms with E-state index in [0.717, 1.165) is 22.7 Å². The molecule has 1 N–H and O–H groups in total. The van der Waals surface area contributed by atoms with Crippen molar-refractivity contribution in [1.29, 1.82) is 0 Å². The fourth-order valence-corrected chi connectivity index (χ4v) is 5.64. The van der Waals surface area contributed by atoms with E-state index in [9.17, 15) is 9.59 Å². The van der Waals surface area contributed by atoms with Crippen LogP contribution < -0.4 is 19.5 Å². The highest BCUT2D eigenvalue weighted by Gasteiger charge is 2.29. The van der Waals surface area contributed by atoms with Crippen LogP contribution in [0.15, 0.2) is 35.0 Å². The Balaban J connectivity index is 1.37. The van der Waals surface area contributed by atoms with E-state index in [-0.39, 0.29) is 17.7 Å². The molecule has 2 amide bonds. The summed E-state index contributed by atoms with van der Waals surface area (Å²) in [5.41, 5.74) is 0.891. The molecule has 0 radical (unpaired) electrons. The number of carbonyl (C=O) groups excluding carboxylic acids is 2. The van der Waals surface area contributed by atoms with Crippen LogP contribution in [0.1, 0.15) is 49.5 Å². The number of aromatic nitrogens is 1. The number of carbonyl (C=O) groups is 2. The first-order valence-corrected chi connectivity index (χ1v) is 12.7. The van der Waals surface area contributed by atoms with Gasteiger partial charge in [0.1, 0.15) is 5.69 Å². The zero-order valence-corrected chi connectivity index (χ0v) is 21.0. The highest BCUT2D eigenvalue weighted by atomic mass is 32.1. The number of methoxy groups -OCH3 is 3. The van der Waals surface area contributed by atoms with Gasteiger partial charge in [-0.2, -0.15) is 0 Å². The van der Waals surface area contributed by atoms with Gasteiger partial charge in [0.25, 0.3) is 11.8 Å². The predicted molar refractivity (Wildman–Crippen MR) is 132 cm³/mol. The number of likely N-dealkylation sites (tertiary alicyclic amines) is 1. The molecular formula is C24H27N3O5S2. The second-order valence-electron chi connectivity index (χ2n) is 7.78. The molecule has 1 aliphatic rings. The molecule has 2 aromatic heterocycles. The maximum absolute atomic E-state index is 13.2. The van der Waals surface area contributed by atoms with Crippen LogP contribution in [-0.2, 0) is 6.54 Å². The Bertz CT molecular complexity index is 1140. The van der Waals surface area contributed by atoms with Crippen molar-refractivity contribution >= 4 is 34.5 Å². The van der Waals surface area contributed by atoms with Crippen molar-refractivity contribution in [1.82, 2.24) is 15.2 Å². The molecule has 1 fully saturated rings. The van der Waals surface area contributed by atoms with Crippen LogP contribution >= 0.6 is 22.7 Å². The van der Waals surface area contributed by atoms with Gasteiger partial charge in [-0.05, 0) is 36.4 Å². The quantitative estimate of drug-likeness (QED) is 0.498. The van der Waals surface area contributed by atoms with E-state index in [4.69, 9.17) is 14.2 Å². The first kappa shape index (κ1) is 24.0. The maximum atomic E-state index is 13.2. The lowest BCUT2D eigenvalue weighted by molar-refractivity contribution is 0.0708. The number of benzene rings is 1. The summed E-state index contributed by atoms with van der Waals surface area (Å²) in [4.78, 5) is 33.2. The minimum atomic E-state index is -0.163. The number of hydrogen-bond acceptors (Lipinski definition) is 8. The summed E-state index contributed by atoms with van der Waals surface area (Å²) in [7, 11) is 4.57. The zero-order chi connectivity index (χ0) is 24.1. The van der Waals surface area contributed by atoms with Crippen molar-refractivity contribution < 1.29 is 23.8 Å². The first-order chi connectivity index (χ1) is 16.5. The Kier molecular flexibility index (Phi) is 7.69. The Labute approximate surface area is 206 Å². The normalized spacial score (nSPS) is 14.0. The lowest BCUT2D eigenvalue weighted by Crippen LogP contribution is -2.38. The predicted octanol–water partition coefficient (Wildman–Crippen LogP) is 4.18. The average Bonchev–Trinajstić information content (AvgIpc) is 3.58. The van der Waals surface area contributed by atoms with Gasteiger partial charge in [-0.25, -0.2) is 4.98 Å². The molecule has 3 heterocycles. The fourth-order valence-electron chi connectivity index (χ4n) is 4.02. The number of amides is 2. The average molecular weight is 502 g/mol. The van der Waals surface area contributed by atoms with E-state index >= 15 is 0 Å². The van der Waals surface area contributed by atoms with Gasteiger partial charge >= 0.3 is 0 Å². The number of hydrogen-bond donors (Lipinski definition) is 1. The van der Waals surface area contributed by atoms with Crippen molar-refractivity contribution in [3.63, 3.8) is 0 Å². The molecule has 34 heavy (non-hydrogen) atoms. The molecule has 10 heteroatoms. The number of thiophene rings is 1. The largest absolute Gasteiger partial charge is 0.493 e. The summed E-state index contributed by atoms with van der Waals surface area (Å²) >= 11 is 3.11. The SMILES string of the molecule is COc1ccc(C(=O)N2CCC(c3nc(C(=O)NCc4cccs4)cs3)CC2)c(OC)c1OC. The lowest BCUT2D eigenvalue weighted by Gasteiger charge is -2.31. The van der Waals surface area contributed by atoms with Crippen LogP contribution in [0, 0.1) is 0 Å². The van der Waals surface area contributed by atoms with E-state index in [1.807, 2.05) is 27.8 Å². The van der Waals surface area contributed by atoms with Crippen LogP contribution in [0.25, 0.3) is 0 Å². The molecule has 3 aromatic rings. The summed E-state index contributed by atoms with van der Waals surface area (Å²) in [6.45, 7) is 1.70. The summed E-state index contributed by atoms with van der Waals surface area (Å²) in [5, 5.41) is 7.66. The van der Waals surface area contributed by atoms with Crippen LogP contribution in [-0.4, -0.2) is 56.1 Å². The van der Waals surface area contributed by atoms with Gasteiger partial charge in [-0.3, -0.25) is 9.59 Å². The number of nitrogens with one attached hydrogen (secondary N) is 1. The molecular weight excluding hydrogens is 474 g/mol. The van der Waals surface area contributed by atoms with Crippen molar-refractivity contribution in [3.8, 4) is 17.2 Å². The molecule has 8 nitrogen and oxygen atoms in total. The van der Waals surface area contributed by atoms with Crippen LogP contribution in [0.4, 0.5) is 0 Å². The standard InChI is InChI=1S/C24H27N3O5S2/c1-30-19-7-6-17(20(31-2)21(19)32-3)24(29)27-10-8-15(9-11-27)23-26-18(14-34-23)22(28)25-13-16-5-4-12-33-16/h4-7,12,14-15H,8-11,13H2,1-3H3,(H,25,28). The summed E-state index contributed by atoms with van der Waals surface area (Å²) in [5.74, 6) is 1.23. The third-order valence-electron chi connectivity index (χ3n) is 5.82. The third kappa shape index (κ3) is 5.02. The number of nitrogens with zero attached hydrogens (tertiary/aromatic N) is 2. The molecule has 0 saturated carbocycles. The molecule has 0 atom stereocenters. The first-order valence-electron chi connectivity index (χ1n) is 10.9. The van der Waals surface area contributed by atoms with Gasteiger partial charge in [0.15, 0.2) is 11.5 Å². The minimum Gasteiger partial charge on any atom is -0.493 e. The third-order valence-corrected chi connectivity index (χ3v) is 7.71. The molecule has 0 unspecified atom stereocenters. The van der Waals surface area contributed by atoms with Gasteiger partial charge in [0.05, 0.1) is 38.4 Å². The van der Waals surface area contributed by atoms with Crippen LogP contribution in [0.5, 0.6) is 17.2 Å². The Hall–Kier alpha value is -3.11. The molecule has 1 saturated heterocycles. The summed E-state index contributed by atoms with van der Waals surface area (Å²) in [6, 6.07) is 7.37. The van der Waals surface area contributed by atoms with Crippen molar-refractivity contribution in [3.05, 3.63) is 56.2 Å². The summed E-state index contributed by atoms with van der Waals surface area (Å²) in [6.07, 6.45) is 1.57. The fraction of sp³-hybridized carbons (Fsp3) is 0.375. The zero-order valence-electron chi connectivity index (χ0n) is 19.3. The second kappa shape index (κ2) is 10.9. The Morgan fingerprint density at radius 1 is 1.06 bits per heavy atom. The molecule has 0 bridgehead atoms. The molecule has 1 aliphatic heterocycles. The maximum Gasteiger partial charge on any atom is 0.271 e. The second-order valence-corrected chi connectivity index (χ2v) is 9.70. The van der Waals surface area contributed by atoms with Crippen molar-refractivity contribution in [2.24, 2.45) is 0 Å². The Morgan fingerprint density at radius 2 is 1.82 bits per heavy atom. The Morgan fingerprint density at radius 3 is 2.47 bits per heavy atom.